The summed E-state index contributed by atoms with van der Waals surface area (Å²) in [4.78, 5) is 3.75. The molecule has 1 heterocycles. The minimum Gasteiger partial charge on any atom is -1.00 e. The molecular weight excluding hydrogens is 274 g/mol. The van der Waals surface area contributed by atoms with E-state index in [2.05, 4.69) is 20.4 Å². The molecule has 0 fully saturated rings. The Kier molecular flexibility index (Phi) is 4.67. The van der Waals surface area contributed by atoms with Crippen LogP contribution in [0.4, 0.5) is 0 Å². The summed E-state index contributed by atoms with van der Waals surface area (Å²) in [6.07, 6.45) is 0. The molecule has 0 aliphatic rings. The van der Waals surface area contributed by atoms with Crippen LogP contribution in [0, 0.1) is 0 Å². The first-order valence-electron chi connectivity index (χ1n) is 3.95. The quantitative estimate of drug-likeness (QED) is 0.692. The average molecular weight is 280 g/mol. The van der Waals surface area contributed by atoms with Gasteiger partial charge in [0.2, 0.25) is 0 Å². The van der Waals surface area contributed by atoms with Gasteiger partial charge in [-0.2, -0.15) is 4.98 Å². The van der Waals surface area contributed by atoms with E-state index in [9.17, 15) is 0 Å². The van der Waals surface area contributed by atoms with E-state index in [0.29, 0.717) is 10.8 Å². The monoisotopic (exact) mass is 278 g/mol. The molecule has 0 aliphatic heterocycles. The predicted octanol–water partition coefficient (Wildman–Crippen LogP) is -1.21. The van der Waals surface area contributed by atoms with Gasteiger partial charge in [0.05, 0.1) is 10.2 Å². The van der Waals surface area contributed by atoms with Gasteiger partial charge < -0.3 is 17.1 Å². The summed E-state index contributed by atoms with van der Waals surface area (Å²) >= 11 is 11.3. The zero-order chi connectivity index (χ0) is 10.7. The molecule has 1 aromatic heterocycles. The lowest BCUT2D eigenvalue weighted by atomic mass is 10.3. The summed E-state index contributed by atoms with van der Waals surface area (Å²) in [5, 5.41) is 10.2. The van der Waals surface area contributed by atoms with Crippen molar-refractivity contribution < 1.29 is 22.4 Å². The number of aromatic amines is 1. The Hall–Kier alpha value is -1.17. The van der Waals surface area contributed by atoms with Gasteiger partial charge in [0.15, 0.2) is 0 Å². The van der Waals surface area contributed by atoms with Crippen LogP contribution in [0.1, 0.15) is 0 Å². The maximum atomic E-state index is 5.72. The number of H-pyrrole nitrogens is 1. The van der Waals surface area contributed by atoms with E-state index in [4.69, 9.17) is 27.9 Å². The van der Waals surface area contributed by atoms with Crippen LogP contribution < -0.4 is 22.4 Å². The maximum Gasteiger partial charge on any atom is 0.390 e. The second-order valence-electron chi connectivity index (χ2n) is 2.54. The summed E-state index contributed by atoms with van der Waals surface area (Å²) in [5.74, 6) is 0.565. The van der Waals surface area contributed by atoms with Crippen molar-refractivity contribution in [2.45, 2.75) is 0 Å². The van der Waals surface area contributed by atoms with Gasteiger partial charge in [-0.1, -0.05) is 11.6 Å². The molecule has 0 atom stereocenters. The molecule has 0 spiro atoms. The highest BCUT2D eigenvalue weighted by molar-refractivity contribution is 6.30. The number of hydrogen-bond donors (Lipinski definition) is 0. The Morgan fingerprint density at radius 3 is 2.38 bits per heavy atom. The molecule has 1 aromatic carbocycles. The van der Waals surface area contributed by atoms with E-state index < -0.39 is 0 Å². The first kappa shape index (κ1) is 12.9. The van der Waals surface area contributed by atoms with Gasteiger partial charge in [0.25, 0.3) is 5.28 Å². The molecule has 0 radical (unpaired) electrons. The minimum atomic E-state index is 0. The average Bonchev–Trinajstić information content (AvgIpc) is 2.22. The third-order valence-corrected chi connectivity index (χ3v) is 1.92. The summed E-state index contributed by atoms with van der Waals surface area (Å²) in [6.45, 7) is 0. The number of ether oxygens (including phenoxy) is 1. The van der Waals surface area contributed by atoms with Crippen molar-refractivity contribution in [1.82, 2.24) is 15.2 Å². The SMILES string of the molecule is Clc1ccc(Oc2n[nH+]nc(Cl)n2)cc1.[Cl-]. The Morgan fingerprint density at radius 2 is 1.75 bits per heavy atom. The van der Waals surface area contributed by atoms with Crippen molar-refractivity contribution in [1.29, 1.82) is 0 Å². The number of nitrogens with zero attached hydrogens (tertiary/aromatic N) is 3. The van der Waals surface area contributed by atoms with Crippen LogP contribution in [-0.2, 0) is 0 Å². The summed E-state index contributed by atoms with van der Waals surface area (Å²) in [7, 11) is 0. The number of nitrogens with one attached hydrogen (secondary N) is 1. The lowest BCUT2D eigenvalue weighted by Gasteiger charge is -1.99. The Balaban J connectivity index is 0.00000128. The molecule has 0 bridgehead atoms. The van der Waals surface area contributed by atoms with E-state index in [0.717, 1.165) is 0 Å². The highest BCUT2D eigenvalue weighted by Crippen LogP contribution is 2.19. The van der Waals surface area contributed by atoms with Crippen molar-refractivity contribution in [3.8, 4) is 11.8 Å². The van der Waals surface area contributed by atoms with Crippen molar-refractivity contribution in [2.75, 3.05) is 0 Å². The molecule has 2 rings (SSSR count). The van der Waals surface area contributed by atoms with Crippen molar-refractivity contribution in [3.63, 3.8) is 0 Å². The zero-order valence-corrected chi connectivity index (χ0v) is 9.96. The van der Waals surface area contributed by atoms with Crippen molar-refractivity contribution in [3.05, 3.63) is 34.6 Å². The molecule has 16 heavy (non-hydrogen) atoms. The Labute approximate surface area is 107 Å². The molecule has 0 amide bonds. The number of benzene rings is 1. The van der Waals surface area contributed by atoms with Gasteiger partial charge >= 0.3 is 6.01 Å². The predicted molar refractivity (Wildman–Crippen MR) is 52.9 cm³/mol. The normalized spacial score (nSPS) is 9.38. The summed E-state index contributed by atoms with van der Waals surface area (Å²) < 4.78 is 5.28. The van der Waals surface area contributed by atoms with Crippen LogP contribution in [0.15, 0.2) is 24.3 Å². The summed E-state index contributed by atoms with van der Waals surface area (Å²) in [6, 6.07) is 6.88. The molecule has 0 saturated heterocycles. The van der Waals surface area contributed by atoms with Crippen molar-refractivity contribution in [2.24, 2.45) is 0 Å². The highest BCUT2D eigenvalue weighted by Gasteiger charge is 2.06. The van der Waals surface area contributed by atoms with Gasteiger partial charge in [-0.3, -0.25) is 0 Å². The van der Waals surface area contributed by atoms with Gasteiger partial charge in [-0.25, -0.2) is 0 Å². The number of halogens is 3. The van der Waals surface area contributed by atoms with Gasteiger partial charge in [0, 0.05) is 10.2 Å². The standard InChI is InChI=1S/C8H4Cl2N4O.ClH/c9-5-1-3-6(4-2-5)15-8-11-7(10)12-14-13-8;/h1-4H;1H. The van der Waals surface area contributed by atoms with E-state index in [-0.39, 0.29) is 23.7 Å². The van der Waals surface area contributed by atoms with E-state index in [1.54, 1.807) is 24.3 Å². The van der Waals surface area contributed by atoms with Crippen LogP contribution >= 0.6 is 23.2 Å². The fourth-order valence-electron chi connectivity index (χ4n) is 0.892. The van der Waals surface area contributed by atoms with Crippen LogP contribution in [0.2, 0.25) is 10.3 Å². The third-order valence-electron chi connectivity index (χ3n) is 1.50. The molecule has 8 heteroatoms. The molecule has 84 valence electrons. The fourth-order valence-corrected chi connectivity index (χ4v) is 1.13. The van der Waals surface area contributed by atoms with E-state index >= 15 is 0 Å². The van der Waals surface area contributed by atoms with E-state index in [1.807, 2.05) is 0 Å². The van der Waals surface area contributed by atoms with Crippen LogP contribution in [0.3, 0.4) is 0 Å². The lowest BCUT2D eigenvalue weighted by Crippen LogP contribution is -3.00. The number of rotatable bonds is 2. The Morgan fingerprint density at radius 1 is 1.06 bits per heavy atom. The van der Waals surface area contributed by atoms with Gasteiger partial charge in [-0.15, -0.1) is 0 Å². The van der Waals surface area contributed by atoms with Crippen molar-refractivity contribution >= 4 is 23.2 Å². The van der Waals surface area contributed by atoms with Crippen LogP contribution in [-0.4, -0.2) is 15.2 Å². The summed E-state index contributed by atoms with van der Waals surface area (Å²) in [5.41, 5.74) is 0. The smallest absolute Gasteiger partial charge is 0.390 e. The first-order chi connectivity index (χ1) is 7.24. The Bertz CT molecular complexity index is 465. The number of hydrogen-bond acceptors (Lipinski definition) is 4. The number of aromatic nitrogens is 4. The molecule has 1 N–H and O–H groups in total. The largest absolute Gasteiger partial charge is 1.00 e. The van der Waals surface area contributed by atoms with Gasteiger partial charge in [-0.05, 0) is 35.9 Å². The fraction of sp³-hybridized carbons (Fsp3) is 0. The maximum absolute atomic E-state index is 5.72. The second kappa shape index (κ2) is 5.79. The minimum absolute atomic E-state index is 0. The van der Waals surface area contributed by atoms with Crippen LogP contribution in [0.5, 0.6) is 11.8 Å². The lowest BCUT2D eigenvalue weighted by molar-refractivity contribution is -0.527. The second-order valence-corrected chi connectivity index (χ2v) is 3.32. The zero-order valence-electron chi connectivity index (χ0n) is 7.69. The van der Waals surface area contributed by atoms with Gasteiger partial charge in [0.1, 0.15) is 5.75 Å². The molecular formula is C8H5Cl3N4O. The topological polar surface area (TPSA) is 62.0 Å². The molecule has 0 unspecified atom stereocenters. The highest BCUT2D eigenvalue weighted by atomic mass is 35.5. The van der Waals surface area contributed by atoms with Crippen LogP contribution in [0.25, 0.3) is 0 Å². The molecule has 0 aliphatic carbocycles. The molecule has 2 aromatic rings. The molecule has 0 saturated carbocycles. The first-order valence-corrected chi connectivity index (χ1v) is 4.71. The molecule has 5 nitrogen and oxygen atoms in total. The van der Waals surface area contributed by atoms with E-state index in [1.165, 1.54) is 0 Å². The third kappa shape index (κ3) is 3.44.